The summed E-state index contributed by atoms with van der Waals surface area (Å²) in [5.41, 5.74) is 2.04. The summed E-state index contributed by atoms with van der Waals surface area (Å²) in [6.45, 7) is 2.55. The number of nitrogens with one attached hydrogen (secondary N) is 2. The standard InChI is InChI=1S/C16H19N5O2S/c1-10(14-17-6-7-24-14)9-18-15(22)19-11-4-5-12-13(8-11)23-16(20-12)21(2)3/h4-8,10H,9H2,1-3H3,(H2,18,19,22)/t10-/m0/s1. The van der Waals surface area contributed by atoms with Crippen molar-refractivity contribution in [1.29, 1.82) is 0 Å². The van der Waals surface area contributed by atoms with Gasteiger partial charge in [-0.15, -0.1) is 11.3 Å². The molecule has 8 heteroatoms. The van der Waals surface area contributed by atoms with Crippen LogP contribution < -0.4 is 15.5 Å². The van der Waals surface area contributed by atoms with Crippen LogP contribution in [-0.4, -0.2) is 36.6 Å². The molecule has 0 bridgehead atoms. The molecule has 0 saturated carbocycles. The van der Waals surface area contributed by atoms with E-state index in [2.05, 4.69) is 20.6 Å². The second-order valence-electron chi connectivity index (χ2n) is 5.68. The zero-order chi connectivity index (χ0) is 17.1. The lowest BCUT2D eigenvalue weighted by Gasteiger charge is -2.11. The first-order valence-electron chi connectivity index (χ1n) is 7.55. The van der Waals surface area contributed by atoms with Crippen molar-refractivity contribution in [3.8, 4) is 0 Å². The summed E-state index contributed by atoms with van der Waals surface area (Å²) in [6, 6.07) is 5.65. The summed E-state index contributed by atoms with van der Waals surface area (Å²) in [5.74, 6) is 0.176. The number of aromatic nitrogens is 2. The number of hydrogen-bond acceptors (Lipinski definition) is 6. The average molecular weight is 345 g/mol. The van der Waals surface area contributed by atoms with Crippen LogP contribution in [-0.2, 0) is 0 Å². The van der Waals surface area contributed by atoms with E-state index in [1.54, 1.807) is 34.6 Å². The molecular weight excluding hydrogens is 326 g/mol. The van der Waals surface area contributed by atoms with Crippen LogP contribution in [0.5, 0.6) is 0 Å². The highest BCUT2D eigenvalue weighted by Crippen LogP contribution is 2.23. The van der Waals surface area contributed by atoms with Crippen LogP contribution in [0.1, 0.15) is 17.8 Å². The van der Waals surface area contributed by atoms with Gasteiger partial charge in [0.05, 0.1) is 5.01 Å². The molecule has 0 unspecified atom stereocenters. The molecule has 2 N–H and O–H groups in total. The van der Waals surface area contributed by atoms with Gasteiger partial charge in [-0.05, 0) is 12.1 Å². The van der Waals surface area contributed by atoms with Crippen molar-refractivity contribution in [3.63, 3.8) is 0 Å². The Hall–Kier alpha value is -2.61. The molecule has 1 aromatic carbocycles. The van der Waals surface area contributed by atoms with Gasteiger partial charge in [0.25, 0.3) is 6.01 Å². The van der Waals surface area contributed by atoms with Gasteiger partial charge in [0.2, 0.25) is 0 Å². The summed E-state index contributed by atoms with van der Waals surface area (Å²) in [5, 5.41) is 8.60. The number of amides is 2. The first-order chi connectivity index (χ1) is 11.5. The monoisotopic (exact) mass is 345 g/mol. The Morgan fingerprint density at radius 2 is 2.25 bits per heavy atom. The van der Waals surface area contributed by atoms with Crippen molar-refractivity contribution in [3.05, 3.63) is 34.8 Å². The molecule has 0 aliphatic carbocycles. The van der Waals surface area contributed by atoms with Gasteiger partial charge in [-0.3, -0.25) is 0 Å². The van der Waals surface area contributed by atoms with Crippen molar-refractivity contribution >= 4 is 40.2 Å². The van der Waals surface area contributed by atoms with E-state index in [4.69, 9.17) is 4.42 Å². The summed E-state index contributed by atoms with van der Waals surface area (Å²) < 4.78 is 5.64. The maximum Gasteiger partial charge on any atom is 0.319 e. The highest BCUT2D eigenvalue weighted by atomic mass is 32.1. The molecule has 3 aromatic rings. The molecule has 0 saturated heterocycles. The summed E-state index contributed by atoms with van der Waals surface area (Å²) >= 11 is 1.59. The topological polar surface area (TPSA) is 83.3 Å². The summed E-state index contributed by atoms with van der Waals surface area (Å²) in [6.07, 6.45) is 1.77. The zero-order valence-electron chi connectivity index (χ0n) is 13.7. The van der Waals surface area contributed by atoms with Crippen LogP contribution in [0.15, 0.2) is 34.2 Å². The Labute approximate surface area is 143 Å². The Kier molecular flexibility index (Phi) is 4.66. The lowest BCUT2D eigenvalue weighted by Crippen LogP contribution is -2.31. The predicted octanol–water partition coefficient (Wildman–Crippen LogP) is 3.28. The largest absolute Gasteiger partial charge is 0.423 e. The van der Waals surface area contributed by atoms with Crippen LogP contribution in [0.2, 0.25) is 0 Å². The number of rotatable bonds is 5. The molecule has 2 amide bonds. The molecule has 0 aliphatic heterocycles. The zero-order valence-corrected chi connectivity index (χ0v) is 14.6. The smallest absolute Gasteiger partial charge is 0.319 e. The minimum Gasteiger partial charge on any atom is -0.423 e. The number of urea groups is 1. The second-order valence-corrected chi connectivity index (χ2v) is 6.61. The van der Waals surface area contributed by atoms with E-state index >= 15 is 0 Å². The molecule has 0 aliphatic rings. The van der Waals surface area contributed by atoms with Crippen molar-refractivity contribution < 1.29 is 9.21 Å². The first-order valence-corrected chi connectivity index (χ1v) is 8.43. The molecular formula is C16H19N5O2S. The Morgan fingerprint density at radius 1 is 1.42 bits per heavy atom. The van der Waals surface area contributed by atoms with Gasteiger partial charge in [0, 0.05) is 49.9 Å². The van der Waals surface area contributed by atoms with Crippen molar-refractivity contribution in [2.24, 2.45) is 0 Å². The van der Waals surface area contributed by atoms with Gasteiger partial charge in [-0.1, -0.05) is 6.92 Å². The number of thiazole rings is 1. The highest BCUT2D eigenvalue weighted by molar-refractivity contribution is 7.09. The molecule has 0 spiro atoms. The fourth-order valence-corrected chi connectivity index (χ4v) is 2.87. The van der Waals surface area contributed by atoms with Crippen LogP contribution in [0.25, 0.3) is 11.1 Å². The van der Waals surface area contributed by atoms with Gasteiger partial charge in [0.1, 0.15) is 5.52 Å². The van der Waals surface area contributed by atoms with E-state index in [1.807, 2.05) is 32.5 Å². The van der Waals surface area contributed by atoms with Crippen molar-refractivity contribution in [2.75, 3.05) is 30.9 Å². The third-order valence-electron chi connectivity index (χ3n) is 3.46. The van der Waals surface area contributed by atoms with Crippen LogP contribution in [0.3, 0.4) is 0 Å². The van der Waals surface area contributed by atoms with E-state index in [9.17, 15) is 4.79 Å². The second kappa shape index (κ2) is 6.88. The molecule has 0 fully saturated rings. The van der Waals surface area contributed by atoms with Crippen LogP contribution in [0.4, 0.5) is 16.5 Å². The number of nitrogens with zero attached hydrogens (tertiary/aromatic N) is 3. The lowest BCUT2D eigenvalue weighted by atomic mass is 10.2. The number of hydrogen-bond donors (Lipinski definition) is 2. The number of benzene rings is 1. The van der Waals surface area contributed by atoms with Crippen molar-refractivity contribution in [2.45, 2.75) is 12.8 Å². The van der Waals surface area contributed by atoms with Crippen molar-refractivity contribution in [1.82, 2.24) is 15.3 Å². The third kappa shape index (κ3) is 3.65. The summed E-state index contributed by atoms with van der Waals surface area (Å²) in [4.78, 5) is 22.4. The number of oxazole rings is 1. The molecule has 24 heavy (non-hydrogen) atoms. The lowest BCUT2D eigenvalue weighted by molar-refractivity contribution is 0.251. The molecule has 2 heterocycles. The number of carbonyl (C=O) groups is 1. The molecule has 3 rings (SSSR count). The third-order valence-corrected chi connectivity index (χ3v) is 4.47. The quantitative estimate of drug-likeness (QED) is 0.741. The number of anilines is 2. The van der Waals surface area contributed by atoms with Crippen LogP contribution in [0, 0.1) is 0 Å². The minimum atomic E-state index is -0.259. The maximum absolute atomic E-state index is 12.0. The molecule has 7 nitrogen and oxygen atoms in total. The molecule has 126 valence electrons. The number of fused-ring (bicyclic) bond motifs is 1. The van der Waals surface area contributed by atoms with E-state index in [0.717, 1.165) is 10.5 Å². The van der Waals surface area contributed by atoms with Gasteiger partial charge in [-0.2, -0.15) is 4.98 Å². The Morgan fingerprint density at radius 3 is 2.96 bits per heavy atom. The highest BCUT2D eigenvalue weighted by Gasteiger charge is 2.11. The van der Waals surface area contributed by atoms with Crippen LogP contribution >= 0.6 is 11.3 Å². The van der Waals surface area contributed by atoms with E-state index in [1.165, 1.54) is 0 Å². The fraction of sp³-hybridized carbons (Fsp3) is 0.312. The molecule has 2 aromatic heterocycles. The predicted molar refractivity (Wildman–Crippen MR) is 95.9 cm³/mol. The van der Waals surface area contributed by atoms with Gasteiger partial charge < -0.3 is 20.0 Å². The Bertz CT molecular complexity index is 828. The maximum atomic E-state index is 12.0. The van der Waals surface area contributed by atoms with Gasteiger partial charge in [0.15, 0.2) is 5.58 Å². The van der Waals surface area contributed by atoms with E-state index < -0.39 is 0 Å². The fourth-order valence-electron chi connectivity index (χ4n) is 2.17. The van der Waals surface area contributed by atoms with E-state index in [-0.39, 0.29) is 11.9 Å². The molecule has 0 radical (unpaired) electrons. The summed E-state index contributed by atoms with van der Waals surface area (Å²) in [7, 11) is 3.72. The van der Waals surface area contributed by atoms with E-state index in [0.29, 0.717) is 23.8 Å². The SMILES string of the molecule is C[C@@H](CNC(=O)Nc1ccc2nc(N(C)C)oc2c1)c1nccs1. The normalized spacial score (nSPS) is 12.1. The number of carbonyl (C=O) groups excluding carboxylic acids is 1. The average Bonchev–Trinajstić information content (AvgIpc) is 3.21. The molecule has 1 atom stereocenters. The Balaban J connectivity index is 1.60. The first kappa shape index (κ1) is 16.3. The van der Waals surface area contributed by atoms with Gasteiger partial charge in [-0.25, -0.2) is 9.78 Å². The minimum absolute atomic E-state index is 0.176. The van der Waals surface area contributed by atoms with Gasteiger partial charge >= 0.3 is 6.03 Å².